The molecule has 0 aromatic heterocycles. The van der Waals surface area contributed by atoms with Gasteiger partial charge in [0.05, 0.1) is 18.8 Å². The number of aliphatic imine (C=N–C) groups is 1. The van der Waals surface area contributed by atoms with Gasteiger partial charge in [-0.15, -0.1) is 11.6 Å². The van der Waals surface area contributed by atoms with Crippen LogP contribution in [-0.4, -0.2) is 25.8 Å². The van der Waals surface area contributed by atoms with Crippen molar-refractivity contribution in [2.45, 2.75) is 31.9 Å². The van der Waals surface area contributed by atoms with Gasteiger partial charge in [-0.3, -0.25) is 9.79 Å². The second-order valence-corrected chi connectivity index (χ2v) is 8.25. The van der Waals surface area contributed by atoms with Crippen LogP contribution in [0.4, 0.5) is 17.1 Å². The largest absolute Gasteiger partial charge is 0.493 e. The predicted octanol–water partition coefficient (Wildman–Crippen LogP) is 5.19. The SMILES string of the molecule is COc1cc(C)c(/N=C\C2Cc3ccccc3N2C=O)cc1OCc1cc(N)cc(CCl)c1. The molecule has 0 aliphatic carbocycles. The van der Waals surface area contributed by atoms with Crippen LogP contribution < -0.4 is 20.1 Å². The summed E-state index contributed by atoms with van der Waals surface area (Å²) in [4.78, 5) is 18.1. The smallest absolute Gasteiger partial charge is 0.214 e. The molecule has 0 radical (unpaired) electrons. The van der Waals surface area contributed by atoms with Gasteiger partial charge in [0, 0.05) is 36.0 Å². The van der Waals surface area contributed by atoms with Crippen molar-refractivity contribution in [2.75, 3.05) is 17.7 Å². The van der Waals surface area contributed by atoms with E-state index in [9.17, 15) is 4.79 Å². The van der Waals surface area contributed by atoms with E-state index in [2.05, 4.69) is 0 Å². The average Bonchev–Trinajstić information content (AvgIpc) is 3.19. The number of hydrogen-bond acceptors (Lipinski definition) is 5. The fourth-order valence-electron chi connectivity index (χ4n) is 4.04. The number of nitrogen functional groups attached to an aromatic ring is 1. The number of methoxy groups -OCH3 is 1. The molecular weight excluding hydrogens is 438 g/mol. The third kappa shape index (κ3) is 4.96. The summed E-state index contributed by atoms with van der Waals surface area (Å²) in [6.45, 7) is 2.28. The molecule has 1 aliphatic rings. The van der Waals surface area contributed by atoms with Crippen LogP contribution in [0.3, 0.4) is 0 Å². The topological polar surface area (TPSA) is 77.1 Å². The quantitative estimate of drug-likeness (QED) is 0.216. The lowest BCUT2D eigenvalue weighted by Gasteiger charge is -2.17. The van der Waals surface area contributed by atoms with Crippen LogP contribution in [0.25, 0.3) is 0 Å². The van der Waals surface area contributed by atoms with Gasteiger partial charge in [-0.05, 0) is 53.4 Å². The Morgan fingerprint density at radius 2 is 1.94 bits per heavy atom. The van der Waals surface area contributed by atoms with E-state index in [0.29, 0.717) is 29.7 Å². The summed E-state index contributed by atoms with van der Waals surface area (Å²) >= 11 is 5.96. The zero-order valence-corrected chi connectivity index (χ0v) is 19.4. The van der Waals surface area contributed by atoms with E-state index in [-0.39, 0.29) is 6.04 Å². The van der Waals surface area contributed by atoms with E-state index in [1.165, 1.54) is 0 Å². The van der Waals surface area contributed by atoms with Crippen molar-refractivity contribution < 1.29 is 14.3 Å². The van der Waals surface area contributed by atoms with Crippen LogP contribution >= 0.6 is 11.6 Å². The fraction of sp³-hybridized carbons (Fsp3) is 0.231. The first-order valence-electron chi connectivity index (χ1n) is 10.6. The summed E-state index contributed by atoms with van der Waals surface area (Å²) in [7, 11) is 1.61. The number of carbonyl (C=O) groups excluding carboxylic acids is 1. The van der Waals surface area contributed by atoms with E-state index in [0.717, 1.165) is 46.5 Å². The molecule has 6 nitrogen and oxygen atoms in total. The average molecular weight is 464 g/mol. The third-order valence-electron chi connectivity index (χ3n) is 5.66. The molecule has 170 valence electrons. The number of carbonyl (C=O) groups is 1. The number of hydrogen-bond donors (Lipinski definition) is 1. The lowest BCUT2D eigenvalue weighted by molar-refractivity contribution is -0.107. The maximum absolute atomic E-state index is 11.7. The van der Waals surface area contributed by atoms with Crippen LogP contribution in [0.2, 0.25) is 0 Å². The Bertz CT molecular complexity index is 1200. The Balaban J connectivity index is 1.56. The maximum Gasteiger partial charge on any atom is 0.214 e. The molecule has 0 saturated carbocycles. The zero-order valence-electron chi connectivity index (χ0n) is 18.6. The number of halogens is 1. The van der Waals surface area contributed by atoms with Crippen molar-refractivity contribution in [3.8, 4) is 11.5 Å². The molecule has 0 spiro atoms. The Kier molecular flexibility index (Phi) is 6.84. The van der Waals surface area contributed by atoms with Crippen LogP contribution in [0, 0.1) is 6.92 Å². The normalized spacial score (nSPS) is 15.0. The molecule has 1 amide bonds. The summed E-state index contributed by atoms with van der Waals surface area (Å²) < 4.78 is 11.6. The molecule has 3 aromatic rings. The number of anilines is 2. The number of ether oxygens (including phenoxy) is 2. The number of nitrogens with zero attached hydrogens (tertiary/aromatic N) is 2. The van der Waals surface area contributed by atoms with E-state index in [1.807, 2.05) is 67.7 Å². The highest BCUT2D eigenvalue weighted by atomic mass is 35.5. The number of aryl methyl sites for hydroxylation is 1. The molecule has 2 N–H and O–H groups in total. The van der Waals surface area contributed by atoms with E-state index in [4.69, 9.17) is 31.8 Å². The standard InChI is InChI=1S/C26H26ClN3O3/c1-17-7-25(32-2)26(33-15-19-8-18(13-27)9-21(28)10-19)12-23(17)29-14-22-11-20-5-3-4-6-24(20)30(22)16-31/h3-10,12,14,16,22H,11,13,15,28H2,1-2H3/b29-14-. The first kappa shape index (κ1) is 22.7. The molecule has 0 bridgehead atoms. The van der Waals surface area contributed by atoms with Crippen molar-refractivity contribution in [2.24, 2.45) is 4.99 Å². The van der Waals surface area contributed by atoms with Gasteiger partial charge in [0.1, 0.15) is 6.61 Å². The van der Waals surface area contributed by atoms with Gasteiger partial charge in [0.2, 0.25) is 6.41 Å². The van der Waals surface area contributed by atoms with Crippen molar-refractivity contribution in [3.05, 3.63) is 76.9 Å². The molecule has 1 atom stereocenters. The summed E-state index contributed by atoms with van der Waals surface area (Å²) in [5, 5.41) is 0. The van der Waals surface area contributed by atoms with E-state index >= 15 is 0 Å². The number of amides is 1. The first-order valence-corrected chi connectivity index (χ1v) is 11.2. The second kappa shape index (κ2) is 9.96. The zero-order chi connectivity index (χ0) is 23.4. The number of benzene rings is 3. The summed E-state index contributed by atoms with van der Waals surface area (Å²) in [5.74, 6) is 1.58. The first-order chi connectivity index (χ1) is 16.0. The van der Waals surface area contributed by atoms with Gasteiger partial charge in [0.15, 0.2) is 11.5 Å². The molecular formula is C26H26ClN3O3. The Labute approximate surface area is 198 Å². The van der Waals surface area contributed by atoms with Gasteiger partial charge < -0.3 is 20.1 Å². The fourth-order valence-corrected chi connectivity index (χ4v) is 4.19. The number of fused-ring (bicyclic) bond motifs is 1. The minimum Gasteiger partial charge on any atom is -0.493 e. The number of alkyl halides is 1. The molecule has 3 aromatic carbocycles. The summed E-state index contributed by atoms with van der Waals surface area (Å²) in [6, 6.07) is 17.2. The minimum atomic E-state index is -0.132. The van der Waals surface area contributed by atoms with Crippen molar-refractivity contribution in [3.63, 3.8) is 0 Å². The number of nitrogens with two attached hydrogens (primary N) is 1. The Morgan fingerprint density at radius 1 is 1.15 bits per heavy atom. The Morgan fingerprint density at radius 3 is 2.70 bits per heavy atom. The molecule has 33 heavy (non-hydrogen) atoms. The van der Waals surface area contributed by atoms with Gasteiger partial charge in [-0.25, -0.2) is 0 Å². The van der Waals surface area contributed by atoms with Crippen molar-refractivity contribution in [1.82, 2.24) is 0 Å². The van der Waals surface area contributed by atoms with Crippen LogP contribution in [0.5, 0.6) is 11.5 Å². The molecule has 1 heterocycles. The van der Waals surface area contributed by atoms with Gasteiger partial charge in [-0.1, -0.05) is 24.3 Å². The summed E-state index contributed by atoms with van der Waals surface area (Å²) in [5.41, 5.74) is 12.2. The lowest BCUT2D eigenvalue weighted by Crippen LogP contribution is -2.31. The van der Waals surface area contributed by atoms with Gasteiger partial charge >= 0.3 is 0 Å². The van der Waals surface area contributed by atoms with Gasteiger partial charge in [-0.2, -0.15) is 0 Å². The molecule has 0 fully saturated rings. The van der Waals surface area contributed by atoms with E-state index in [1.54, 1.807) is 12.0 Å². The molecule has 4 rings (SSSR count). The van der Waals surface area contributed by atoms with Gasteiger partial charge in [0.25, 0.3) is 0 Å². The second-order valence-electron chi connectivity index (χ2n) is 7.99. The minimum absolute atomic E-state index is 0.132. The molecule has 1 aliphatic heterocycles. The molecule has 1 unspecified atom stereocenters. The van der Waals surface area contributed by atoms with E-state index < -0.39 is 0 Å². The summed E-state index contributed by atoms with van der Waals surface area (Å²) in [6.07, 6.45) is 3.41. The predicted molar refractivity (Wildman–Crippen MR) is 133 cm³/mol. The maximum atomic E-state index is 11.7. The highest BCUT2D eigenvalue weighted by Gasteiger charge is 2.27. The highest BCUT2D eigenvalue weighted by molar-refractivity contribution is 6.17. The third-order valence-corrected chi connectivity index (χ3v) is 5.97. The molecule has 7 heteroatoms. The van der Waals surface area contributed by atoms with Crippen LogP contribution in [0.1, 0.15) is 22.3 Å². The monoisotopic (exact) mass is 463 g/mol. The van der Waals surface area contributed by atoms with Crippen molar-refractivity contribution in [1.29, 1.82) is 0 Å². The Hall–Kier alpha value is -3.51. The van der Waals surface area contributed by atoms with Crippen LogP contribution in [0.15, 0.2) is 59.6 Å². The molecule has 0 saturated heterocycles. The van der Waals surface area contributed by atoms with Crippen LogP contribution in [-0.2, 0) is 23.7 Å². The van der Waals surface area contributed by atoms with Crippen molar-refractivity contribution >= 4 is 41.3 Å². The number of rotatable bonds is 8. The highest BCUT2D eigenvalue weighted by Crippen LogP contribution is 2.36. The number of para-hydroxylation sites is 1. The lowest BCUT2D eigenvalue weighted by atomic mass is 10.1.